The number of hydrogen-bond acceptors (Lipinski definition) is 2. The number of rotatable bonds is 5. The Morgan fingerprint density at radius 3 is 2.41 bits per heavy atom. The third-order valence-corrected chi connectivity index (χ3v) is 3.21. The largest absolute Gasteiger partial charge is 0.390 e. The second-order valence-corrected chi connectivity index (χ2v) is 4.51. The molecule has 0 bridgehead atoms. The molecule has 0 spiro atoms. The highest BCUT2D eigenvalue weighted by Crippen LogP contribution is 2.36. The van der Waals surface area contributed by atoms with Gasteiger partial charge in [0.05, 0.1) is 12.2 Å². The molecule has 0 saturated heterocycles. The number of benzene rings is 1. The van der Waals surface area contributed by atoms with E-state index in [1.54, 1.807) is 0 Å². The van der Waals surface area contributed by atoms with E-state index in [2.05, 4.69) is 0 Å². The van der Waals surface area contributed by atoms with Crippen LogP contribution < -0.4 is 0 Å². The molecular weight excluding hydrogens is 226 g/mol. The SMILES string of the molecule is COC(C(O)Cc1c(F)cccc1F)C1CC1. The lowest BCUT2D eigenvalue weighted by Gasteiger charge is -2.21. The van der Waals surface area contributed by atoms with E-state index < -0.39 is 17.7 Å². The van der Waals surface area contributed by atoms with Crippen LogP contribution in [0.2, 0.25) is 0 Å². The Kier molecular flexibility index (Phi) is 3.74. The minimum atomic E-state index is -0.862. The molecule has 0 radical (unpaired) electrons. The first-order chi connectivity index (χ1) is 8.13. The zero-order chi connectivity index (χ0) is 12.4. The summed E-state index contributed by atoms with van der Waals surface area (Å²) in [4.78, 5) is 0. The molecule has 1 aliphatic carbocycles. The molecule has 1 aromatic carbocycles. The van der Waals surface area contributed by atoms with Crippen LogP contribution in [-0.4, -0.2) is 24.4 Å². The van der Waals surface area contributed by atoms with Crippen LogP contribution in [0.1, 0.15) is 18.4 Å². The van der Waals surface area contributed by atoms with Crippen molar-refractivity contribution < 1.29 is 18.6 Å². The van der Waals surface area contributed by atoms with E-state index >= 15 is 0 Å². The second-order valence-electron chi connectivity index (χ2n) is 4.51. The molecule has 1 N–H and O–H groups in total. The van der Waals surface area contributed by atoms with Crippen molar-refractivity contribution in [1.29, 1.82) is 0 Å². The van der Waals surface area contributed by atoms with Gasteiger partial charge in [-0.15, -0.1) is 0 Å². The Hall–Kier alpha value is -1.00. The topological polar surface area (TPSA) is 29.5 Å². The quantitative estimate of drug-likeness (QED) is 0.858. The highest BCUT2D eigenvalue weighted by atomic mass is 19.1. The van der Waals surface area contributed by atoms with Gasteiger partial charge in [0.15, 0.2) is 0 Å². The van der Waals surface area contributed by atoms with Crippen LogP contribution in [0.4, 0.5) is 8.78 Å². The van der Waals surface area contributed by atoms with E-state index in [0.29, 0.717) is 5.92 Å². The maximum absolute atomic E-state index is 13.4. The van der Waals surface area contributed by atoms with Gasteiger partial charge in [-0.05, 0) is 30.9 Å². The molecule has 1 aliphatic rings. The summed E-state index contributed by atoms with van der Waals surface area (Å²) in [6.45, 7) is 0. The summed E-state index contributed by atoms with van der Waals surface area (Å²) in [5.41, 5.74) is -0.0669. The van der Waals surface area contributed by atoms with E-state index in [4.69, 9.17) is 4.74 Å². The fourth-order valence-corrected chi connectivity index (χ4v) is 2.14. The van der Waals surface area contributed by atoms with Crippen LogP contribution in [0.3, 0.4) is 0 Å². The molecule has 2 unspecified atom stereocenters. The van der Waals surface area contributed by atoms with Crippen molar-refractivity contribution in [2.24, 2.45) is 5.92 Å². The van der Waals surface area contributed by atoms with E-state index in [9.17, 15) is 13.9 Å². The van der Waals surface area contributed by atoms with Crippen LogP contribution in [0.25, 0.3) is 0 Å². The molecule has 4 heteroatoms. The van der Waals surface area contributed by atoms with Gasteiger partial charge < -0.3 is 9.84 Å². The van der Waals surface area contributed by atoms with Crippen molar-refractivity contribution in [3.63, 3.8) is 0 Å². The molecule has 1 fully saturated rings. The molecule has 0 heterocycles. The minimum absolute atomic E-state index is 0.0481. The molecule has 0 aliphatic heterocycles. The van der Waals surface area contributed by atoms with Gasteiger partial charge in [-0.25, -0.2) is 8.78 Å². The van der Waals surface area contributed by atoms with Crippen molar-refractivity contribution >= 4 is 0 Å². The Balaban J connectivity index is 2.08. The smallest absolute Gasteiger partial charge is 0.129 e. The standard InChI is InChI=1S/C13H16F2O2/c1-17-13(8-5-6-8)12(16)7-9-10(14)3-2-4-11(9)15/h2-4,8,12-13,16H,5-7H2,1H3. The van der Waals surface area contributed by atoms with Crippen molar-refractivity contribution in [3.8, 4) is 0 Å². The first kappa shape index (κ1) is 12.5. The summed E-state index contributed by atoms with van der Waals surface area (Å²) < 4.78 is 32.0. The maximum Gasteiger partial charge on any atom is 0.129 e. The van der Waals surface area contributed by atoms with Crippen molar-refractivity contribution in [3.05, 3.63) is 35.4 Å². The van der Waals surface area contributed by atoms with Gasteiger partial charge in [0.25, 0.3) is 0 Å². The number of ether oxygens (including phenoxy) is 1. The number of aliphatic hydroxyl groups excluding tert-OH is 1. The molecule has 2 atom stereocenters. The molecule has 17 heavy (non-hydrogen) atoms. The number of halogens is 2. The van der Waals surface area contributed by atoms with Crippen molar-refractivity contribution in [2.45, 2.75) is 31.5 Å². The summed E-state index contributed by atoms with van der Waals surface area (Å²) in [6.07, 6.45) is 0.783. The lowest BCUT2D eigenvalue weighted by atomic mass is 10.00. The molecule has 0 aromatic heterocycles. The fraction of sp³-hybridized carbons (Fsp3) is 0.538. The second kappa shape index (κ2) is 5.10. The van der Waals surface area contributed by atoms with E-state index in [1.807, 2.05) is 0 Å². The summed E-state index contributed by atoms with van der Waals surface area (Å²) in [7, 11) is 1.52. The average molecular weight is 242 g/mol. The number of aliphatic hydroxyl groups is 1. The predicted molar refractivity (Wildman–Crippen MR) is 59.6 cm³/mol. The first-order valence-electron chi connectivity index (χ1n) is 5.77. The van der Waals surface area contributed by atoms with Gasteiger partial charge in [-0.2, -0.15) is 0 Å². The Labute approximate surface area is 99.2 Å². The first-order valence-corrected chi connectivity index (χ1v) is 5.77. The average Bonchev–Trinajstić information content (AvgIpc) is 3.09. The van der Waals surface area contributed by atoms with Crippen LogP contribution in [0, 0.1) is 17.6 Å². The third kappa shape index (κ3) is 2.82. The molecule has 1 saturated carbocycles. The van der Waals surface area contributed by atoms with Gasteiger partial charge in [0.2, 0.25) is 0 Å². The number of hydrogen-bond donors (Lipinski definition) is 1. The molecular formula is C13H16F2O2. The van der Waals surface area contributed by atoms with Crippen LogP contribution >= 0.6 is 0 Å². The van der Waals surface area contributed by atoms with Crippen LogP contribution in [0.15, 0.2) is 18.2 Å². The van der Waals surface area contributed by atoms with E-state index in [-0.39, 0.29) is 18.1 Å². The van der Waals surface area contributed by atoms with Crippen molar-refractivity contribution in [2.75, 3.05) is 7.11 Å². The third-order valence-electron chi connectivity index (χ3n) is 3.21. The van der Waals surface area contributed by atoms with Gasteiger partial charge in [-0.3, -0.25) is 0 Å². The van der Waals surface area contributed by atoms with Gasteiger partial charge >= 0.3 is 0 Å². The van der Waals surface area contributed by atoms with Crippen molar-refractivity contribution in [1.82, 2.24) is 0 Å². The molecule has 94 valence electrons. The van der Waals surface area contributed by atoms with Crippen LogP contribution in [0.5, 0.6) is 0 Å². The monoisotopic (exact) mass is 242 g/mol. The molecule has 0 amide bonds. The highest BCUT2D eigenvalue weighted by molar-refractivity contribution is 5.20. The van der Waals surface area contributed by atoms with Gasteiger partial charge in [-0.1, -0.05) is 6.07 Å². The maximum atomic E-state index is 13.4. The van der Waals surface area contributed by atoms with E-state index in [1.165, 1.54) is 25.3 Å². The summed E-state index contributed by atoms with van der Waals surface area (Å²) in [6, 6.07) is 3.71. The molecule has 1 aromatic rings. The van der Waals surface area contributed by atoms with Gasteiger partial charge in [0, 0.05) is 19.1 Å². The zero-order valence-electron chi connectivity index (χ0n) is 9.70. The minimum Gasteiger partial charge on any atom is -0.390 e. The van der Waals surface area contributed by atoms with Gasteiger partial charge in [0.1, 0.15) is 11.6 Å². The number of methoxy groups -OCH3 is 1. The summed E-state index contributed by atoms with van der Waals surface area (Å²) in [5.74, 6) is -0.908. The van der Waals surface area contributed by atoms with E-state index in [0.717, 1.165) is 12.8 Å². The Bertz CT molecular complexity index is 371. The Morgan fingerprint density at radius 2 is 1.94 bits per heavy atom. The molecule has 2 rings (SSSR count). The summed E-state index contributed by atoms with van der Waals surface area (Å²) in [5, 5.41) is 9.96. The Morgan fingerprint density at radius 1 is 1.35 bits per heavy atom. The van der Waals surface area contributed by atoms with Crippen LogP contribution in [-0.2, 0) is 11.2 Å². The molecule has 2 nitrogen and oxygen atoms in total. The lowest BCUT2D eigenvalue weighted by molar-refractivity contribution is -0.0244. The lowest BCUT2D eigenvalue weighted by Crippen LogP contribution is -2.32. The highest BCUT2D eigenvalue weighted by Gasteiger charge is 2.36. The summed E-state index contributed by atoms with van der Waals surface area (Å²) >= 11 is 0. The zero-order valence-corrected chi connectivity index (χ0v) is 9.70. The predicted octanol–water partition coefficient (Wildman–Crippen LogP) is 2.29. The fourth-order valence-electron chi connectivity index (χ4n) is 2.14. The normalized spacial score (nSPS) is 19.1.